The summed E-state index contributed by atoms with van der Waals surface area (Å²) in [6.07, 6.45) is 1.01. The monoisotopic (exact) mass is 450 g/mol. The molecule has 2 aromatic carbocycles. The van der Waals surface area contributed by atoms with Crippen LogP contribution in [0.5, 0.6) is 23.0 Å². The Morgan fingerprint density at radius 1 is 1.17 bits per heavy atom. The van der Waals surface area contributed by atoms with Crippen LogP contribution in [0, 0.1) is 0 Å². The predicted molar refractivity (Wildman–Crippen MR) is 97.5 cm³/mol. The van der Waals surface area contributed by atoms with Gasteiger partial charge in [0.1, 0.15) is 0 Å². The van der Waals surface area contributed by atoms with Gasteiger partial charge in [0.15, 0.2) is 11.5 Å². The molecule has 0 radical (unpaired) electrons. The molecule has 0 aliphatic carbocycles. The molecule has 2 aromatic rings. The second-order valence-corrected chi connectivity index (χ2v) is 6.22. The molecule has 0 bridgehead atoms. The van der Waals surface area contributed by atoms with Gasteiger partial charge >= 0.3 is 5.97 Å². The number of fused-ring (bicyclic) bond motifs is 1. The number of esters is 1. The average Bonchev–Trinajstić information content (AvgIpc) is 2.54. The smallest absolute Gasteiger partial charge is 0.311 e. The van der Waals surface area contributed by atoms with Crippen LogP contribution in [0.1, 0.15) is 12.8 Å². The molecule has 7 heteroatoms. The lowest BCUT2D eigenvalue weighted by molar-refractivity contribution is -0.134. The minimum absolute atomic E-state index is 0.0944. The summed E-state index contributed by atoms with van der Waals surface area (Å²) in [5, 5.41) is 11.8. The number of carbonyl (C=O) groups is 1. The molecule has 1 N–H and O–H groups in total. The highest BCUT2D eigenvalue weighted by Crippen LogP contribution is 2.50. The van der Waals surface area contributed by atoms with E-state index in [9.17, 15) is 9.90 Å². The Labute approximate surface area is 152 Å². The summed E-state index contributed by atoms with van der Waals surface area (Å²) in [6, 6.07) is 4.88. The van der Waals surface area contributed by atoms with E-state index in [2.05, 4.69) is 22.6 Å². The number of alkyl halides is 1. The lowest BCUT2D eigenvalue weighted by Gasteiger charge is -2.17. The van der Waals surface area contributed by atoms with Crippen LogP contribution in [0.25, 0.3) is 10.8 Å². The molecule has 0 aliphatic rings. The molecule has 0 amide bonds. The van der Waals surface area contributed by atoms with Gasteiger partial charge in [-0.2, -0.15) is 0 Å². The van der Waals surface area contributed by atoms with Crippen molar-refractivity contribution in [1.82, 2.24) is 0 Å². The lowest BCUT2D eigenvalue weighted by atomic mass is 10.1. The SMILES string of the molecule is COc1c(OC)c(OC(=O)CCCI)c2cc(Cl)ccc2c1O. The van der Waals surface area contributed by atoms with Gasteiger partial charge in [0.2, 0.25) is 11.5 Å². The normalized spacial score (nSPS) is 10.6. The summed E-state index contributed by atoms with van der Waals surface area (Å²) in [6.45, 7) is 0. The van der Waals surface area contributed by atoms with E-state index < -0.39 is 0 Å². The molecule has 0 atom stereocenters. The Morgan fingerprint density at radius 3 is 2.48 bits per heavy atom. The number of halogens is 2. The van der Waals surface area contributed by atoms with Crippen molar-refractivity contribution >= 4 is 50.9 Å². The summed E-state index contributed by atoms with van der Waals surface area (Å²) >= 11 is 8.23. The molecule has 0 fully saturated rings. The Kier molecular flexibility index (Phi) is 6.17. The van der Waals surface area contributed by atoms with Crippen LogP contribution in [0.2, 0.25) is 5.02 Å². The van der Waals surface area contributed by atoms with Crippen molar-refractivity contribution in [3.63, 3.8) is 0 Å². The van der Waals surface area contributed by atoms with Gasteiger partial charge in [-0.1, -0.05) is 34.2 Å². The van der Waals surface area contributed by atoms with Crippen molar-refractivity contribution in [3.8, 4) is 23.0 Å². The largest absolute Gasteiger partial charge is 0.504 e. The zero-order chi connectivity index (χ0) is 17.0. The standard InChI is InChI=1S/C16H16ClIO5/c1-21-15-13(20)10-6-5-9(17)8-11(10)14(16(15)22-2)23-12(19)4-3-7-18/h5-6,8,20H,3-4,7H2,1-2H3. The summed E-state index contributed by atoms with van der Waals surface area (Å²) < 4.78 is 16.8. The Bertz CT molecular complexity index is 732. The van der Waals surface area contributed by atoms with Crippen LogP contribution in [-0.2, 0) is 4.79 Å². The van der Waals surface area contributed by atoms with Gasteiger partial charge in [0.25, 0.3) is 0 Å². The average molecular weight is 451 g/mol. The molecule has 5 nitrogen and oxygen atoms in total. The maximum absolute atomic E-state index is 12.0. The van der Waals surface area contributed by atoms with Crippen molar-refractivity contribution in [2.45, 2.75) is 12.8 Å². The van der Waals surface area contributed by atoms with Crippen molar-refractivity contribution in [2.24, 2.45) is 0 Å². The van der Waals surface area contributed by atoms with Gasteiger partial charge in [-0.05, 0) is 24.6 Å². The van der Waals surface area contributed by atoms with Crippen molar-refractivity contribution in [2.75, 3.05) is 18.6 Å². The quantitative estimate of drug-likeness (QED) is 0.307. The third kappa shape index (κ3) is 3.74. The zero-order valence-corrected chi connectivity index (χ0v) is 15.6. The number of phenolic OH excluding ortho intramolecular Hbond substituents is 1. The first kappa shape index (κ1) is 17.9. The zero-order valence-electron chi connectivity index (χ0n) is 12.7. The number of phenols is 1. The minimum Gasteiger partial charge on any atom is -0.504 e. The molecule has 0 saturated carbocycles. The molecule has 124 valence electrons. The van der Waals surface area contributed by atoms with E-state index >= 15 is 0 Å². The van der Waals surface area contributed by atoms with Crippen LogP contribution in [0.15, 0.2) is 18.2 Å². The summed E-state index contributed by atoms with van der Waals surface area (Å²) in [5.74, 6) is -0.0169. The third-order valence-corrected chi connectivity index (χ3v) is 4.25. The van der Waals surface area contributed by atoms with Crippen LogP contribution in [0.4, 0.5) is 0 Å². The second kappa shape index (κ2) is 7.92. The molecular formula is C16H16ClIO5. The van der Waals surface area contributed by atoms with E-state index in [1.54, 1.807) is 18.2 Å². The first-order chi connectivity index (χ1) is 11.0. The number of benzene rings is 2. The van der Waals surface area contributed by atoms with E-state index in [4.69, 9.17) is 25.8 Å². The topological polar surface area (TPSA) is 65.0 Å². The number of hydrogen-bond acceptors (Lipinski definition) is 5. The molecule has 2 rings (SSSR count). The summed E-state index contributed by atoms with van der Waals surface area (Å²) in [5.41, 5.74) is 0. The Morgan fingerprint density at radius 2 is 1.87 bits per heavy atom. The molecule has 0 aromatic heterocycles. The van der Waals surface area contributed by atoms with Crippen LogP contribution in [0.3, 0.4) is 0 Å². The fraction of sp³-hybridized carbons (Fsp3) is 0.312. The van der Waals surface area contributed by atoms with Gasteiger partial charge in [-0.15, -0.1) is 0 Å². The molecule has 23 heavy (non-hydrogen) atoms. The first-order valence-electron chi connectivity index (χ1n) is 6.86. The first-order valence-corrected chi connectivity index (χ1v) is 8.76. The van der Waals surface area contributed by atoms with E-state index in [0.717, 1.165) is 10.8 Å². The van der Waals surface area contributed by atoms with Gasteiger partial charge < -0.3 is 19.3 Å². The Balaban J connectivity index is 2.65. The maximum atomic E-state index is 12.0. The molecule has 0 unspecified atom stereocenters. The third-order valence-electron chi connectivity index (χ3n) is 3.25. The van der Waals surface area contributed by atoms with Gasteiger partial charge in [0, 0.05) is 26.6 Å². The highest BCUT2D eigenvalue weighted by atomic mass is 127. The Hall–Kier alpha value is -1.41. The van der Waals surface area contributed by atoms with Crippen LogP contribution in [-0.4, -0.2) is 29.7 Å². The highest BCUT2D eigenvalue weighted by molar-refractivity contribution is 14.1. The number of carbonyl (C=O) groups excluding carboxylic acids is 1. The number of ether oxygens (including phenoxy) is 3. The van der Waals surface area contributed by atoms with E-state index in [0.29, 0.717) is 15.8 Å². The molecule has 0 spiro atoms. The van der Waals surface area contributed by atoms with Crippen LogP contribution >= 0.6 is 34.2 Å². The fourth-order valence-electron chi connectivity index (χ4n) is 2.22. The number of hydrogen-bond donors (Lipinski definition) is 1. The number of rotatable bonds is 6. The lowest BCUT2D eigenvalue weighted by Crippen LogP contribution is -2.09. The second-order valence-electron chi connectivity index (χ2n) is 4.70. The fourth-order valence-corrected chi connectivity index (χ4v) is 2.77. The molecule has 0 saturated heterocycles. The molecule has 0 aliphatic heterocycles. The van der Waals surface area contributed by atoms with Crippen LogP contribution < -0.4 is 14.2 Å². The van der Waals surface area contributed by atoms with Gasteiger partial charge in [-0.25, -0.2) is 0 Å². The predicted octanol–water partition coefficient (Wildman–Crippen LogP) is 4.34. The van der Waals surface area contributed by atoms with Gasteiger partial charge in [-0.3, -0.25) is 4.79 Å². The number of methoxy groups -OCH3 is 2. The maximum Gasteiger partial charge on any atom is 0.311 e. The van der Waals surface area contributed by atoms with E-state index in [-0.39, 0.29) is 35.4 Å². The van der Waals surface area contributed by atoms with Crippen molar-refractivity contribution in [3.05, 3.63) is 23.2 Å². The highest BCUT2D eigenvalue weighted by Gasteiger charge is 2.24. The minimum atomic E-state index is -0.381. The number of aromatic hydroxyl groups is 1. The van der Waals surface area contributed by atoms with Crippen molar-refractivity contribution < 1.29 is 24.1 Å². The summed E-state index contributed by atoms with van der Waals surface area (Å²) in [7, 11) is 2.82. The molecule has 0 heterocycles. The van der Waals surface area contributed by atoms with Gasteiger partial charge in [0.05, 0.1) is 14.2 Å². The van der Waals surface area contributed by atoms with E-state index in [1.807, 2.05) is 0 Å². The summed E-state index contributed by atoms with van der Waals surface area (Å²) in [4.78, 5) is 12.0. The van der Waals surface area contributed by atoms with Crippen molar-refractivity contribution in [1.29, 1.82) is 0 Å². The van der Waals surface area contributed by atoms with E-state index in [1.165, 1.54) is 14.2 Å². The molecular weight excluding hydrogens is 435 g/mol.